The second-order valence-electron chi connectivity index (χ2n) is 5.58. The Kier molecular flexibility index (Phi) is 8.77. The molecular weight excluding hydrogens is 466 g/mol. The monoisotopic (exact) mass is 489 g/mol. The summed E-state index contributed by atoms with van der Waals surface area (Å²) >= 11 is 6.28. The molecule has 1 aromatic carbocycles. The lowest BCUT2D eigenvalue weighted by Crippen LogP contribution is -2.32. The van der Waals surface area contributed by atoms with Gasteiger partial charge in [0.05, 0.1) is 20.0 Å². The number of ether oxygens (including phenoxy) is 2. The maximum Gasteiger partial charge on any atom is 0.233 e. The van der Waals surface area contributed by atoms with Crippen LogP contribution in [0.15, 0.2) is 26.9 Å². The van der Waals surface area contributed by atoms with Crippen molar-refractivity contribution in [3.05, 3.63) is 22.2 Å². The van der Waals surface area contributed by atoms with Gasteiger partial charge in [0.1, 0.15) is 0 Å². The fourth-order valence-corrected chi connectivity index (χ4v) is 4.72. The van der Waals surface area contributed by atoms with Gasteiger partial charge in [-0.25, -0.2) is 4.68 Å². The number of halogens is 1. The summed E-state index contributed by atoms with van der Waals surface area (Å²) in [5, 5.41) is 9.31. The lowest BCUT2D eigenvalue weighted by atomic mass is 10.2. The molecule has 0 saturated heterocycles. The first-order chi connectivity index (χ1) is 13.4. The van der Waals surface area contributed by atoms with E-state index in [9.17, 15) is 4.79 Å². The van der Waals surface area contributed by atoms with Crippen LogP contribution in [0.2, 0.25) is 0 Å². The molecule has 0 spiro atoms. The quantitative estimate of drug-likeness (QED) is 0.401. The fraction of sp³-hybridized carbons (Fsp3) is 0.471. The van der Waals surface area contributed by atoms with Gasteiger partial charge in [0.15, 0.2) is 11.5 Å². The number of thioether (sulfide) groups is 2. The number of hydrogen-bond acceptors (Lipinski definition) is 8. The number of benzene rings is 1. The van der Waals surface area contributed by atoms with Crippen LogP contribution in [0, 0.1) is 0 Å². The molecule has 0 unspecified atom stereocenters. The normalized spacial score (nSPS) is 10.8. The summed E-state index contributed by atoms with van der Waals surface area (Å²) in [6, 6.07) is 3.77. The van der Waals surface area contributed by atoms with E-state index >= 15 is 0 Å². The van der Waals surface area contributed by atoms with Crippen molar-refractivity contribution in [3.63, 3.8) is 0 Å². The van der Waals surface area contributed by atoms with E-state index < -0.39 is 0 Å². The number of amides is 1. The van der Waals surface area contributed by atoms with Crippen molar-refractivity contribution in [2.24, 2.45) is 0 Å². The van der Waals surface area contributed by atoms with Crippen LogP contribution in [0.5, 0.6) is 11.5 Å². The highest BCUT2D eigenvalue weighted by Gasteiger charge is 2.16. The van der Waals surface area contributed by atoms with E-state index in [0.717, 1.165) is 10.0 Å². The molecule has 0 aliphatic carbocycles. The molecule has 0 aliphatic heterocycles. The first kappa shape index (κ1) is 22.7. The van der Waals surface area contributed by atoms with E-state index in [0.29, 0.717) is 40.7 Å². The molecule has 0 atom stereocenters. The highest BCUT2D eigenvalue weighted by molar-refractivity contribution is 9.10. The largest absolute Gasteiger partial charge is 0.493 e. The van der Waals surface area contributed by atoms with Crippen LogP contribution in [0.3, 0.4) is 0 Å². The predicted octanol–water partition coefficient (Wildman–Crippen LogP) is 3.02. The van der Waals surface area contributed by atoms with Crippen LogP contribution in [-0.2, 0) is 10.5 Å². The molecule has 28 heavy (non-hydrogen) atoms. The summed E-state index contributed by atoms with van der Waals surface area (Å²) in [5.74, 6) is 8.36. The number of rotatable bonds is 10. The minimum Gasteiger partial charge on any atom is -0.493 e. The van der Waals surface area contributed by atoms with Crippen molar-refractivity contribution in [1.82, 2.24) is 19.8 Å². The standard InChI is InChI=1S/C17H24BrN5O3S2/c1-5-22(6-2)15(24)10-28-17-21-20-16(23(17)19)27-9-11-7-13(25-3)14(26-4)8-12(11)18/h7-8H,5-6,9-10,19H2,1-4H3. The molecule has 0 radical (unpaired) electrons. The number of nitrogens with zero attached hydrogens (tertiary/aromatic N) is 4. The number of hydrogen-bond donors (Lipinski definition) is 1. The fourth-order valence-electron chi connectivity index (χ4n) is 2.40. The Morgan fingerprint density at radius 2 is 1.71 bits per heavy atom. The van der Waals surface area contributed by atoms with Crippen LogP contribution in [0.25, 0.3) is 0 Å². The molecule has 1 amide bonds. The van der Waals surface area contributed by atoms with Gasteiger partial charge in [-0.2, -0.15) is 0 Å². The predicted molar refractivity (Wildman–Crippen MR) is 116 cm³/mol. The topological polar surface area (TPSA) is 95.5 Å². The van der Waals surface area contributed by atoms with E-state index in [2.05, 4.69) is 26.1 Å². The summed E-state index contributed by atoms with van der Waals surface area (Å²) in [6.45, 7) is 5.29. The van der Waals surface area contributed by atoms with Crippen molar-refractivity contribution in [3.8, 4) is 11.5 Å². The summed E-state index contributed by atoms with van der Waals surface area (Å²) in [4.78, 5) is 13.9. The van der Waals surface area contributed by atoms with Gasteiger partial charge in [-0.3, -0.25) is 4.79 Å². The molecule has 11 heteroatoms. The van der Waals surface area contributed by atoms with Crippen molar-refractivity contribution in [2.45, 2.75) is 29.9 Å². The summed E-state index contributed by atoms with van der Waals surface area (Å²) in [6.07, 6.45) is 0. The van der Waals surface area contributed by atoms with Crippen LogP contribution in [-0.4, -0.2) is 58.7 Å². The molecule has 1 heterocycles. The number of aromatic nitrogens is 3. The smallest absolute Gasteiger partial charge is 0.233 e. The van der Waals surface area contributed by atoms with Gasteiger partial charge in [0.2, 0.25) is 16.2 Å². The van der Waals surface area contributed by atoms with E-state index in [1.165, 1.54) is 28.2 Å². The molecule has 8 nitrogen and oxygen atoms in total. The lowest BCUT2D eigenvalue weighted by Gasteiger charge is -2.17. The Morgan fingerprint density at radius 3 is 2.29 bits per heavy atom. The van der Waals surface area contributed by atoms with Crippen molar-refractivity contribution in [2.75, 3.05) is 38.9 Å². The number of carbonyl (C=O) groups is 1. The third kappa shape index (κ3) is 5.48. The average molecular weight is 490 g/mol. The zero-order valence-electron chi connectivity index (χ0n) is 16.3. The zero-order valence-corrected chi connectivity index (χ0v) is 19.5. The van der Waals surface area contributed by atoms with Gasteiger partial charge >= 0.3 is 0 Å². The van der Waals surface area contributed by atoms with Crippen LogP contribution >= 0.6 is 39.5 Å². The highest BCUT2D eigenvalue weighted by atomic mass is 79.9. The molecule has 2 N–H and O–H groups in total. The third-order valence-corrected chi connectivity index (χ3v) is 6.64. The first-order valence-corrected chi connectivity index (χ1v) is 11.4. The van der Waals surface area contributed by atoms with Crippen LogP contribution in [0.1, 0.15) is 19.4 Å². The van der Waals surface area contributed by atoms with Gasteiger partial charge in [0, 0.05) is 23.3 Å². The number of methoxy groups -OCH3 is 2. The number of carbonyl (C=O) groups excluding carboxylic acids is 1. The van der Waals surface area contributed by atoms with Gasteiger partial charge < -0.3 is 20.2 Å². The van der Waals surface area contributed by atoms with Crippen molar-refractivity contribution in [1.29, 1.82) is 0 Å². The lowest BCUT2D eigenvalue weighted by molar-refractivity contribution is -0.127. The Balaban J connectivity index is 2.02. The van der Waals surface area contributed by atoms with Gasteiger partial charge in [-0.15, -0.1) is 10.2 Å². The Hall–Kier alpha value is -1.59. The molecule has 0 bridgehead atoms. The van der Waals surface area contributed by atoms with E-state index in [-0.39, 0.29) is 11.7 Å². The van der Waals surface area contributed by atoms with E-state index in [1.807, 2.05) is 26.0 Å². The Labute approximate surface area is 181 Å². The van der Waals surface area contributed by atoms with Crippen molar-refractivity contribution < 1.29 is 14.3 Å². The SMILES string of the molecule is CCN(CC)C(=O)CSc1nnc(SCc2cc(OC)c(OC)cc2Br)n1N. The summed E-state index contributed by atoms with van der Waals surface area (Å²) in [5.41, 5.74) is 1.01. The minimum absolute atomic E-state index is 0.0569. The summed E-state index contributed by atoms with van der Waals surface area (Å²) < 4.78 is 13.0. The maximum absolute atomic E-state index is 12.1. The minimum atomic E-state index is 0.0569. The molecule has 1 aromatic heterocycles. The molecule has 0 fully saturated rings. The molecule has 2 aromatic rings. The average Bonchev–Trinajstić information content (AvgIpc) is 3.05. The van der Waals surface area contributed by atoms with Crippen LogP contribution < -0.4 is 15.3 Å². The molecule has 154 valence electrons. The van der Waals surface area contributed by atoms with E-state index in [4.69, 9.17) is 15.3 Å². The van der Waals surface area contributed by atoms with Gasteiger partial charge in [0.25, 0.3) is 0 Å². The third-order valence-electron chi connectivity index (χ3n) is 3.98. The number of nitrogen functional groups attached to an aromatic ring is 1. The maximum atomic E-state index is 12.1. The van der Waals surface area contributed by atoms with Gasteiger partial charge in [-0.05, 0) is 31.5 Å². The highest BCUT2D eigenvalue weighted by Crippen LogP contribution is 2.36. The Bertz CT molecular complexity index is 814. The van der Waals surface area contributed by atoms with E-state index in [1.54, 1.807) is 19.1 Å². The molecule has 0 aliphatic rings. The van der Waals surface area contributed by atoms with Crippen molar-refractivity contribution >= 4 is 45.4 Å². The second kappa shape index (κ2) is 10.8. The Morgan fingerprint density at radius 1 is 1.14 bits per heavy atom. The molecule has 2 rings (SSSR count). The summed E-state index contributed by atoms with van der Waals surface area (Å²) in [7, 11) is 3.20. The first-order valence-electron chi connectivity index (χ1n) is 8.59. The second-order valence-corrected chi connectivity index (χ2v) is 8.32. The zero-order chi connectivity index (χ0) is 20.7. The van der Waals surface area contributed by atoms with Gasteiger partial charge in [-0.1, -0.05) is 39.5 Å². The number of nitrogens with two attached hydrogens (primary N) is 1. The molecule has 0 saturated carbocycles. The van der Waals surface area contributed by atoms with Crippen LogP contribution in [0.4, 0.5) is 0 Å². The molecular formula is C17H24BrN5O3S2.